The Balaban J connectivity index is 1.76. The van der Waals surface area contributed by atoms with Gasteiger partial charge in [0.2, 0.25) is 0 Å². The van der Waals surface area contributed by atoms with Crippen molar-refractivity contribution in [2.75, 3.05) is 12.3 Å². The highest BCUT2D eigenvalue weighted by Gasteiger charge is 2.18. The third-order valence-corrected chi connectivity index (χ3v) is 5.98. The molecule has 0 spiro atoms. The quantitative estimate of drug-likeness (QED) is 0.762. The maximum absolute atomic E-state index is 3.72. The van der Waals surface area contributed by atoms with Crippen molar-refractivity contribution in [3.63, 3.8) is 0 Å². The van der Waals surface area contributed by atoms with Gasteiger partial charge in [0.05, 0.1) is 0 Å². The first-order chi connectivity index (χ1) is 8.88. The normalized spacial score (nSPS) is 18.3. The fourth-order valence-electron chi connectivity index (χ4n) is 2.52. The molecule has 0 amide bonds. The first-order valence-electron chi connectivity index (χ1n) is 7.26. The third-order valence-electron chi connectivity index (χ3n) is 3.55. The van der Waals surface area contributed by atoms with E-state index in [0.717, 1.165) is 11.8 Å². The minimum atomic E-state index is 0.661. The molecule has 0 saturated heterocycles. The van der Waals surface area contributed by atoms with Crippen molar-refractivity contribution in [3.8, 4) is 0 Å². The van der Waals surface area contributed by atoms with Crippen molar-refractivity contribution >= 4 is 23.1 Å². The van der Waals surface area contributed by atoms with Gasteiger partial charge in [-0.25, -0.2) is 0 Å². The van der Waals surface area contributed by atoms with E-state index in [1.165, 1.54) is 49.2 Å². The summed E-state index contributed by atoms with van der Waals surface area (Å²) >= 11 is 4.10. The molecule has 1 heterocycles. The molecule has 1 fully saturated rings. The Morgan fingerprint density at radius 1 is 1.44 bits per heavy atom. The second kappa shape index (κ2) is 8.23. The molecule has 1 saturated carbocycles. The Morgan fingerprint density at radius 3 is 2.94 bits per heavy atom. The molecule has 1 N–H and O–H groups in total. The number of rotatable bonds is 8. The van der Waals surface area contributed by atoms with Gasteiger partial charge < -0.3 is 5.32 Å². The van der Waals surface area contributed by atoms with Crippen LogP contribution >= 0.6 is 23.1 Å². The molecule has 1 aliphatic rings. The summed E-state index contributed by atoms with van der Waals surface area (Å²) < 4.78 is 0. The number of nitrogens with one attached hydrogen (secondary N) is 1. The highest BCUT2D eigenvalue weighted by atomic mass is 32.2. The van der Waals surface area contributed by atoms with E-state index in [0.29, 0.717) is 6.04 Å². The SMILES string of the molecule is CCCNC(CSC1CCCC1)Cc1cccs1. The van der Waals surface area contributed by atoms with Crippen molar-refractivity contribution in [3.05, 3.63) is 22.4 Å². The number of hydrogen-bond acceptors (Lipinski definition) is 3. The van der Waals surface area contributed by atoms with Crippen molar-refractivity contribution in [2.45, 2.75) is 56.7 Å². The summed E-state index contributed by atoms with van der Waals surface area (Å²) in [6.45, 7) is 3.40. The van der Waals surface area contributed by atoms with Gasteiger partial charge in [0.1, 0.15) is 0 Å². The Kier molecular flexibility index (Phi) is 6.60. The van der Waals surface area contributed by atoms with E-state index in [4.69, 9.17) is 0 Å². The van der Waals surface area contributed by atoms with E-state index in [9.17, 15) is 0 Å². The lowest BCUT2D eigenvalue weighted by Crippen LogP contribution is -2.34. The summed E-state index contributed by atoms with van der Waals surface area (Å²) in [5, 5.41) is 6.85. The van der Waals surface area contributed by atoms with E-state index < -0.39 is 0 Å². The zero-order valence-corrected chi connectivity index (χ0v) is 13.0. The Hall–Kier alpha value is 0.01000. The van der Waals surface area contributed by atoms with Crippen molar-refractivity contribution in [1.82, 2.24) is 5.32 Å². The topological polar surface area (TPSA) is 12.0 Å². The molecule has 2 rings (SSSR count). The van der Waals surface area contributed by atoms with Gasteiger partial charge in [0.15, 0.2) is 0 Å². The van der Waals surface area contributed by atoms with Gasteiger partial charge in [0, 0.05) is 21.9 Å². The summed E-state index contributed by atoms with van der Waals surface area (Å²) in [6.07, 6.45) is 8.24. The van der Waals surface area contributed by atoms with Crippen LogP contribution in [0.3, 0.4) is 0 Å². The molecule has 1 unspecified atom stereocenters. The molecule has 0 bridgehead atoms. The van der Waals surface area contributed by atoms with Gasteiger partial charge in [-0.2, -0.15) is 11.8 Å². The van der Waals surface area contributed by atoms with Gasteiger partial charge in [-0.05, 0) is 43.7 Å². The van der Waals surface area contributed by atoms with Gasteiger partial charge in [-0.3, -0.25) is 0 Å². The molecule has 0 radical (unpaired) electrons. The fourth-order valence-corrected chi connectivity index (χ4v) is 4.71. The largest absolute Gasteiger partial charge is 0.313 e. The van der Waals surface area contributed by atoms with Crippen LogP contribution in [0.4, 0.5) is 0 Å². The molecule has 1 aromatic rings. The van der Waals surface area contributed by atoms with Crippen LogP contribution in [0.15, 0.2) is 17.5 Å². The third kappa shape index (κ3) is 4.94. The van der Waals surface area contributed by atoms with Gasteiger partial charge in [0.25, 0.3) is 0 Å². The van der Waals surface area contributed by atoms with Crippen LogP contribution in [0.5, 0.6) is 0 Å². The molecule has 1 nitrogen and oxygen atoms in total. The zero-order valence-electron chi connectivity index (χ0n) is 11.4. The molecule has 0 aromatic carbocycles. The van der Waals surface area contributed by atoms with Crippen molar-refractivity contribution in [1.29, 1.82) is 0 Å². The second-order valence-corrected chi connectivity index (χ2v) is 7.54. The van der Waals surface area contributed by atoms with Crippen molar-refractivity contribution < 1.29 is 0 Å². The van der Waals surface area contributed by atoms with Crippen LogP contribution in [-0.4, -0.2) is 23.6 Å². The van der Waals surface area contributed by atoms with Crippen LogP contribution in [0.1, 0.15) is 43.9 Å². The number of hydrogen-bond donors (Lipinski definition) is 1. The molecule has 0 aliphatic heterocycles. The van der Waals surface area contributed by atoms with Gasteiger partial charge in [-0.1, -0.05) is 25.8 Å². The Morgan fingerprint density at radius 2 is 2.28 bits per heavy atom. The van der Waals surface area contributed by atoms with E-state index in [1.54, 1.807) is 0 Å². The average Bonchev–Trinajstić information content (AvgIpc) is 3.05. The van der Waals surface area contributed by atoms with Gasteiger partial charge in [-0.15, -0.1) is 11.3 Å². The van der Waals surface area contributed by atoms with E-state index in [2.05, 4.69) is 41.5 Å². The highest BCUT2D eigenvalue weighted by molar-refractivity contribution is 7.99. The standard InChI is InChI=1S/C15H25NS2/c1-2-9-16-13(11-15-8-5-10-17-15)12-18-14-6-3-4-7-14/h5,8,10,13-14,16H,2-4,6-7,9,11-12H2,1H3. The van der Waals surface area contributed by atoms with E-state index in [1.807, 2.05) is 11.3 Å². The highest BCUT2D eigenvalue weighted by Crippen LogP contribution is 2.30. The fraction of sp³-hybridized carbons (Fsp3) is 0.733. The number of thiophene rings is 1. The van der Waals surface area contributed by atoms with Gasteiger partial charge >= 0.3 is 0 Å². The summed E-state index contributed by atoms with van der Waals surface area (Å²) in [6, 6.07) is 5.10. The molecular formula is C15H25NS2. The maximum Gasteiger partial charge on any atom is 0.0206 e. The zero-order chi connectivity index (χ0) is 12.6. The molecule has 1 aliphatic carbocycles. The predicted molar refractivity (Wildman–Crippen MR) is 84.8 cm³/mol. The summed E-state index contributed by atoms with van der Waals surface area (Å²) in [4.78, 5) is 1.52. The van der Waals surface area contributed by atoms with E-state index in [-0.39, 0.29) is 0 Å². The molecule has 18 heavy (non-hydrogen) atoms. The lowest BCUT2D eigenvalue weighted by Gasteiger charge is -2.19. The Bertz CT molecular complexity index is 304. The second-order valence-electron chi connectivity index (χ2n) is 5.17. The predicted octanol–water partition coefficient (Wildman–Crippen LogP) is 4.33. The summed E-state index contributed by atoms with van der Waals surface area (Å²) in [5.41, 5.74) is 0. The maximum atomic E-state index is 3.72. The minimum absolute atomic E-state index is 0.661. The average molecular weight is 284 g/mol. The van der Waals surface area contributed by atoms with Crippen LogP contribution in [-0.2, 0) is 6.42 Å². The molecule has 3 heteroatoms. The van der Waals surface area contributed by atoms with Crippen LogP contribution in [0, 0.1) is 0 Å². The van der Waals surface area contributed by atoms with Crippen LogP contribution in [0.25, 0.3) is 0 Å². The van der Waals surface area contributed by atoms with E-state index >= 15 is 0 Å². The summed E-state index contributed by atoms with van der Waals surface area (Å²) in [7, 11) is 0. The van der Waals surface area contributed by atoms with Crippen molar-refractivity contribution in [2.24, 2.45) is 0 Å². The molecular weight excluding hydrogens is 258 g/mol. The first-order valence-corrected chi connectivity index (χ1v) is 9.18. The Labute approximate surface area is 120 Å². The van der Waals surface area contributed by atoms with Crippen LogP contribution < -0.4 is 5.32 Å². The lowest BCUT2D eigenvalue weighted by atomic mass is 10.2. The van der Waals surface area contributed by atoms with Crippen LogP contribution in [0.2, 0.25) is 0 Å². The molecule has 1 aromatic heterocycles. The monoisotopic (exact) mass is 283 g/mol. The minimum Gasteiger partial charge on any atom is -0.313 e. The molecule has 1 atom stereocenters. The lowest BCUT2D eigenvalue weighted by molar-refractivity contribution is 0.552. The summed E-state index contributed by atoms with van der Waals surface area (Å²) in [5.74, 6) is 1.28. The smallest absolute Gasteiger partial charge is 0.0206 e. The molecule has 102 valence electrons. The first kappa shape index (κ1) is 14.4. The number of thioether (sulfide) groups is 1.